The Balaban J connectivity index is 1.58. The fourth-order valence-electron chi connectivity index (χ4n) is 2.88. The smallest absolute Gasteiger partial charge is 0.233 e. The molecule has 3 aromatic rings. The van der Waals surface area contributed by atoms with Crippen LogP contribution in [0.5, 0.6) is 0 Å². The third kappa shape index (κ3) is 5.68. The van der Waals surface area contributed by atoms with Crippen LogP contribution < -0.4 is 11.2 Å². The third-order valence-corrected chi connectivity index (χ3v) is 6.19. The summed E-state index contributed by atoms with van der Waals surface area (Å²) >= 11 is 13.4. The Morgan fingerprint density at radius 2 is 1.90 bits per heavy atom. The molecule has 0 aliphatic heterocycles. The molecule has 0 saturated carbocycles. The Morgan fingerprint density at radius 3 is 2.60 bits per heavy atom. The number of nitrogen functional groups attached to an aromatic ring is 1. The molecular weight excluding hydrogens is 441 g/mol. The maximum absolute atomic E-state index is 12.6. The fourth-order valence-corrected chi connectivity index (χ4v) is 4.16. The molecule has 9 heteroatoms. The zero-order valence-electron chi connectivity index (χ0n) is 16.7. The molecule has 0 aliphatic carbocycles. The summed E-state index contributed by atoms with van der Waals surface area (Å²) in [5.74, 6) is 6.48. The molecule has 0 aliphatic rings. The van der Waals surface area contributed by atoms with Crippen molar-refractivity contribution in [3.8, 4) is 11.4 Å². The molecule has 0 fully saturated rings. The Labute approximate surface area is 190 Å². The lowest BCUT2D eigenvalue weighted by Crippen LogP contribution is -2.38. The van der Waals surface area contributed by atoms with Gasteiger partial charge in [0.2, 0.25) is 11.1 Å². The normalized spacial score (nSPS) is 13.1. The zero-order chi connectivity index (χ0) is 21.7. The standard InChI is InChI=1S/C21H23Cl2N5OS/c1-13(8-9-15-6-4-3-5-7-15)25-20(29)14(2)30-21-27-26-19(28(21)24)17-11-10-16(22)12-18(17)23/h3-7,10-14H,8-9,24H2,1-2H3,(H,25,29). The molecule has 0 radical (unpaired) electrons. The number of amides is 1. The monoisotopic (exact) mass is 463 g/mol. The summed E-state index contributed by atoms with van der Waals surface area (Å²) in [7, 11) is 0. The summed E-state index contributed by atoms with van der Waals surface area (Å²) in [6, 6.07) is 15.3. The van der Waals surface area contributed by atoms with E-state index in [1.807, 2.05) is 32.0 Å². The van der Waals surface area contributed by atoms with E-state index in [4.69, 9.17) is 29.0 Å². The number of nitrogens with zero attached hydrogens (tertiary/aromatic N) is 3. The Morgan fingerprint density at radius 1 is 1.17 bits per heavy atom. The van der Waals surface area contributed by atoms with E-state index >= 15 is 0 Å². The minimum absolute atomic E-state index is 0.0555. The van der Waals surface area contributed by atoms with Crippen molar-refractivity contribution in [1.82, 2.24) is 20.2 Å². The summed E-state index contributed by atoms with van der Waals surface area (Å²) < 4.78 is 1.34. The van der Waals surface area contributed by atoms with E-state index < -0.39 is 0 Å². The maximum atomic E-state index is 12.6. The lowest BCUT2D eigenvalue weighted by Gasteiger charge is -2.17. The number of aryl methyl sites for hydroxylation is 1. The van der Waals surface area contributed by atoms with Gasteiger partial charge < -0.3 is 11.2 Å². The predicted octanol–water partition coefficient (Wildman–Crippen LogP) is 4.58. The number of thioether (sulfide) groups is 1. The maximum Gasteiger partial charge on any atom is 0.233 e. The minimum atomic E-state index is -0.385. The molecule has 3 N–H and O–H groups in total. The first-order valence-electron chi connectivity index (χ1n) is 9.52. The van der Waals surface area contributed by atoms with Gasteiger partial charge in [-0.05, 0) is 50.5 Å². The number of benzene rings is 2. The van der Waals surface area contributed by atoms with Crippen molar-refractivity contribution >= 4 is 40.9 Å². The molecule has 0 bridgehead atoms. The minimum Gasteiger partial charge on any atom is -0.353 e. The molecule has 0 spiro atoms. The second-order valence-electron chi connectivity index (χ2n) is 6.99. The molecule has 2 unspecified atom stereocenters. The Bertz CT molecular complexity index is 1010. The summed E-state index contributed by atoms with van der Waals surface area (Å²) in [6.07, 6.45) is 1.77. The van der Waals surface area contributed by atoms with Crippen LogP contribution in [-0.4, -0.2) is 32.1 Å². The number of nitrogens with one attached hydrogen (secondary N) is 1. The quantitative estimate of drug-likeness (QED) is 0.377. The molecule has 2 aromatic carbocycles. The lowest BCUT2D eigenvalue weighted by molar-refractivity contribution is -0.120. The van der Waals surface area contributed by atoms with E-state index in [1.54, 1.807) is 18.2 Å². The number of rotatable bonds is 8. The highest BCUT2D eigenvalue weighted by molar-refractivity contribution is 8.00. The number of halogens is 2. The van der Waals surface area contributed by atoms with E-state index in [0.29, 0.717) is 26.6 Å². The van der Waals surface area contributed by atoms with Crippen LogP contribution in [0.4, 0.5) is 0 Å². The number of nitrogens with two attached hydrogens (primary N) is 1. The number of carbonyl (C=O) groups is 1. The molecule has 158 valence electrons. The van der Waals surface area contributed by atoms with E-state index in [2.05, 4.69) is 27.6 Å². The van der Waals surface area contributed by atoms with Gasteiger partial charge in [-0.2, -0.15) is 0 Å². The van der Waals surface area contributed by atoms with Gasteiger partial charge in [0.25, 0.3) is 0 Å². The number of hydrogen-bond acceptors (Lipinski definition) is 5. The average Bonchev–Trinajstić information content (AvgIpc) is 3.07. The first kappa shape index (κ1) is 22.5. The van der Waals surface area contributed by atoms with Gasteiger partial charge in [-0.1, -0.05) is 65.3 Å². The van der Waals surface area contributed by atoms with Gasteiger partial charge in [0, 0.05) is 16.6 Å². The topological polar surface area (TPSA) is 85.8 Å². The predicted molar refractivity (Wildman–Crippen MR) is 123 cm³/mol. The Kier molecular flexibility index (Phi) is 7.64. The summed E-state index contributed by atoms with van der Waals surface area (Å²) in [4.78, 5) is 12.6. The summed E-state index contributed by atoms with van der Waals surface area (Å²) in [5, 5.41) is 12.3. The lowest BCUT2D eigenvalue weighted by atomic mass is 10.1. The molecular formula is C21H23Cl2N5OS. The average molecular weight is 464 g/mol. The van der Waals surface area contributed by atoms with Crippen molar-refractivity contribution in [1.29, 1.82) is 0 Å². The van der Waals surface area contributed by atoms with Gasteiger partial charge in [0.1, 0.15) is 0 Å². The van der Waals surface area contributed by atoms with Crippen LogP contribution in [-0.2, 0) is 11.2 Å². The summed E-state index contributed by atoms with van der Waals surface area (Å²) in [6.45, 7) is 3.82. The molecule has 0 saturated heterocycles. The van der Waals surface area contributed by atoms with Gasteiger partial charge in [-0.15, -0.1) is 10.2 Å². The largest absolute Gasteiger partial charge is 0.353 e. The molecule has 3 rings (SSSR count). The molecule has 30 heavy (non-hydrogen) atoms. The van der Waals surface area contributed by atoms with E-state index in [-0.39, 0.29) is 17.2 Å². The van der Waals surface area contributed by atoms with Gasteiger partial charge in [-0.3, -0.25) is 4.79 Å². The van der Waals surface area contributed by atoms with Crippen LogP contribution >= 0.6 is 35.0 Å². The highest BCUT2D eigenvalue weighted by Crippen LogP contribution is 2.31. The van der Waals surface area contributed by atoms with Crippen molar-refractivity contribution in [2.24, 2.45) is 0 Å². The van der Waals surface area contributed by atoms with Gasteiger partial charge in [-0.25, -0.2) is 4.68 Å². The first-order valence-corrected chi connectivity index (χ1v) is 11.2. The van der Waals surface area contributed by atoms with E-state index in [1.165, 1.54) is 22.0 Å². The van der Waals surface area contributed by atoms with Crippen LogP contribution in [0, 0.1) is 0 Å². The van der Waals surface area contributed by atoms with Crippen LogP contribution in [0.3, 0.4) is 0 Å². The zero-order valence-corrected chi connectivity index (χ0v) is 19.0. The highest BCUT2D eigenvalue weighted by Gasteiger charge is 2.22. The van der Waals surface area contributed by atoms with Crippen LogP contribution in [0.25, 0.3) is 11.4 Å². The number of carbonyl (C=O) groups excluding carboxylic acids is 1. The fraction of sp³-hybridized carbons (Fsp3) is 0.286. The van der Waals surface area contributed by atoms with E-state index in [0.717, 1.165) is 12.8 Å². The van der Waals surface area contributed by atoms with E-state index in [9.17, 15) is 4.79 Å². The van der Waals surface area contributed by atoms with Gasteiger partial charge in [0.15, 0.2) is 5.82 Å². The molecule has 1 aromatic heterocycles. The van der Waals surface area contributed by atoms with Crippen LogP contribution in [0.15, 0.2) is 53.7 Å². The number of hydrogen-bond donors (Lipinski definition) is 2. The van der Waals surface area contributed by atoms with Crippen LogP contribution in [0.2, 0.25) is 10.0 Å². The van der Waals surface area contributed by atoms with Gasteiger partial charge >= 0.3 is 0 Å². The SMILES string of the molecule is CC(CCc1ccccc1)NC(=O)C(C)Sc1nnc(-c2ccc(Cl)cc2Cl)n1N. The Hall–Kier alpha value is -2.22. The highest BCUT2D eigenvalue weighted by atomic mass is 35.5. The van der Waals surface area contributed by atoms with Crippen molar-refractivity contribution in [3.63, 3.8) is 0 Å². The van der Waals surface area contributed by atoms with Crippen molar-refractivity contribution in [2.45, 2.75) is 43.1 Å². The van der Waals surface area contributed by atoms with Gasteiger partial charge in [0.05, 0.1) is 10.3 Å². The molecule has 1 heterocycles. The number of aromatic nitrogens is 3. The van der Waals surface area contributed by atoms with Crippen LogP contribution in [0.1, 0.15) is 25.8 Å². The summed E-state index contributed by atoms with van der Waals surface area (Å²) in [5.41, 5.74) is 1.88. The van der Waals surface area contributed by atoms with Crippen molar-refractivity contribution in [2.75, 3.05) is 5.84 Å². The second-order valence-corrected chi connectivity index (χ2v) is 9.15. The third-order valence-electron chi connectivity index (χ3n) is 4.59. The van der Waals surface area contributed by atoms with Crippen molar-refractivity contribution < 1.29 is 4.79 Å². The molecule has 6 nitrogen and oxygen atoms in total. The first-order chi connectivity index (χ1) is 14.3. The molecule has 2 atom stereocenters. The molecule has 1 amide bonds. The van der Waals surface area contributed by atoms with Crippen molar-refractivity contribution in [3.05, 3.63) is 64.1 Å². The second kappa shape index (κ2) is 10.2.